The van der Waals surface area contributed by atoms with Crippen molar-refractivity contribution in [2.45, 2.75) is 0 Å². The number of rotatable bonds is 1. The van der Waals surface area contributed by atoms with Crippen LogP contribution >= 0.6 is 34.5 Å². The third-order valence-electron chi connectivity index (χ3n) is 1.95. The minimum Gasteiger partial charge on any atom is -0.279 e. The van der Waals surface area contributed by atoms with Gasteiger partial charge in [-0.15, -0.1) is 11.3 Å². The zero-order chi connectivity index (χ0) is 12.3. The third-order valence-corrected chi connectivity index (χ3v) is 3.17. The van der Waals surface area contributed by atoms with Gasteiger partial charge in [0.25, 0.3) is 0 Å². The van der Waals surface area contributed by atoms with Crippen molar-refractivity contribution in [1.82, 2.24) is 0 Å². The molecule has 0 aliphatic rings. The number of Topliss-reactive ketones (excluding diaryl/α,β-unsaturated/α-hetero) is 1. The van der Waals surface area contributed by atoms with Crippen molar-refractivity contribution < 1.29 is 4.79 Å². The molecule has 2 aromatic rings. The van der Waals surface area contributed by atoms with E-state index in [4.69, 9.17) is 23.2 Å². The van der Waals surface area contributed by atoms with Crippen LogP contribution in [0.5, 0.6) is 0 Å². The van der Waals surface area contributed by atoms with Gasteiger partial charge in [-0.05, 0) is 41.5 Å². The summed E-state index contributed by atoms with van der Waals surface area (Å²) in [6.45, 7) is 0. The summed E-state index contributed by atoms with van der Waals surface area (Å²) in [7, 11) is 0. The van der Waals surface area contributed by atoms with Crippen LogP contribution in [-0.2, 0) is 0 Å². The molecule has 0 spiro atoms. The van der Waals surface area contributed by atoms with Gasteiger partial charge in [-0.3, -0.25) is 4.79 Å². The summed E-state index contributed by atoms with van der Waals surface area (Å²) in [4.78, 5) is 12.6. The fraction of sp³-hybridized carbons (Fsp3) is 0. The highest BCUT2D eigenvalue weighted by Crippen LogP contribution is 2.19. The first-order valence-electron chi connectivity index (χ1n) is 4.71. The van der Waals surface area contributed by atoms with Crippen LogP contribution in [-0.4, -0.2) is 5.78 Å². The van der Waals surface area contributed by atoms with Gasteiger partial charge in [-0.2, -0.15) is 0 Å². The molecule has 0 fully saturated rings. The first-order chi connectivity index (χ1) is 8.15. The smallest absolute Gasteiger partial charge is 0.236 e. The first-order valence-corrected chi connectivity index (χ1v) is 6.34. The Morgan fingerprint density at radius 1 is 1.18 bits per heavy atom. The molecule has 0 saturated heterocycles. The summed E-state index contributed by atoms with van der Waals surface area (Å²) in [6, 6.07) is 8.43. The summed E-state index contributed by atoms with van der Waals surface area (Å²) in [5.41, 5.74) is 0.409. The largest absolute Gasteiger partial charge is 0.279 e. The Labute approximate surface area is 113 Å². The molecule has 84 valence electrons. The van der Waals surface area contributed by atoms with E-state index in [9.17, 15) is 4.79 Å². The van der Waals surface area contributed by atoms with Crippen LogP contribution in [0.1, 0.15) is 15.2 Å². The van der Waals surface area contributed by atoms with Gasteiger partial charge in [0.1, 0.15) is 0 Å². The quantitative estimate of drug-likeness (QED) is 0.563. The lowest BCUT2D eigenvalue weighted by molar-refractivity contribution is 0.105. The van der Waals surface area contributed by atoms with Crippen molar-refractivity contribution >= 4 is 40.3 Å². The van der Waals surface area contributed by atoms with Crippen LogP contribution in [0, 0.1) is 11.8 Å². The molecule has 1 nitrogen and oxygen atoms in total. The number of hydrogen-bond donors (Lipinski definition) is 0. The zero-order valence-corrected chi connectivity index (χ0v) is 10.9. The van der Waals surface area contributed by atoms with Gasteiger partial charge in [0.2, 0.25) is 5.78 Å². The molecule has 0 amide bonds. The maximum absolute atomic E-state index is 11.8. The van der Waals surface area contributed by atoms with E-state index in [1.165, 1.54) is 11.3 Å². The summed E-state index contributed by atoms with van der Waals surface area (Å²) < 4.78 is 0. The number of carbonyl (C=O) groups excluding carboxylic acids is 1. The van der Waals surface area contributed by atoms with Gasteiger partial charge >= 0.3 is 0 Å². The second-order valence-electron chi connectivity index (χ2n) is 3.21. The molecule has 4 heteroatoms. The monoisotopic (exact) mass is 280 g/mol. The Balaban J connectivity index is 2.26. The summed E-state index contributed by atoms with van der Waals surface area (Å²) >= 11 is 13.1. The molecule has 0 aliphatic carbocycles. The van der Waals surface area contributed by atoms with Crippen LogP contribution in [0.3, 0.4) is 0 Å². The molecule has 0 radical (unpaired) electrons. The molecule has 1 aromatic heterocycles. The lowest BCUT2D eigenvalue weighted by atomic mass is 10.1. The highest BCUT2D eigenvalue weighted by atomic mass is 35.5. The van der Waals surface area contributed by atoms with E-state index in [2.05, 4.69) is 11.8 Å². The van der Waals surface area contributed by atoms with Crippen molar-refractivity contribution in [3.8, 4) is 11.8 Å². The summed E-state index contributed by atoms with van der Waals surface area (Å²) in [6.07, 6.45) is 0. The number of ketones is 1. The molecule has 1 aromatic carbocycles. The molecule has 0 bridgehead atoms. The molecule has 0 N–H and O–H groups in total. The van der Waals surface area contributed by atoms with Gasteiger partial charge in [0.15, 0.2) is 0 Å². The second-order valence-corrected chi connectivity index (χ2v) is 5.04. The van der Waals surface area contributed by atoms with E-state index >= 15 is 0 Å². The topological polar surface area (TPSA) is 17.1 Å². The minimum atomic E-state index is -0.289. The maximum atomic E-state index is 11.8. The first kappa shape index (κ1) is 12.2. The van der Waals surface area contributed by atoms with E-state index in [-0.39, 0.29) is 5.78 Å². The van der Waals surface area contributed by atoms with Gasteiger partial charge in [0, 0.05) is 15.6 Å². The van der Waals surface area contributed by atoms with Gasteiger partial charge in [0.05, 0.1) is 4.88 Å². The Hall–Kier alpha value is -1.27. The number of benzene rings is 1. The fourth-order valence-electron chi connectivity index (χ4n) is 1.23. The van der Waals surface area contributed by atoms with Crippen molar-refractivity contribution in [2.75, 3.05) is 0 Å². The predicted molar refractivity (Wildman–Crippen MR) is 72.0 cm³/mol. The molecule has 1 heterocycles. The Kier molecular flexibility index (Phi) is 3.86. The normalized spacial score (nSPS) is 9.53. The molecular weight excluding hydrogens is 275 g/mol. The minimum absolute atomic E-state index is 0.289. The van der Waals surface area contributed by atoms with Crippen LogP contribution in [0.25, 0.3) is 0 Å². The van der Waals surface area contributed by atoms with Crippen LogP contribution in [0.15, 0.2) is 35.7 Å². The Bertz CT molecular complexity index is 586. The van der Waals surface area contributed by atoms with Gasteiger partial charge in [-0.25, -0.2) is 0 Å². The summed E-state index contributed by atoms with van der Waals surface area (Å²) in [5.74, 6) is 5.07. The number of halogens is 2. The lowest BCUT2D eigenvalue weighted by Crippen LogP contribution is -1.94. The maximum Gasteiger partial charge on any atom is 0.236 e. The SMILES string of the molecule is O=C(C#Cc1cccs1)c1cc(Cl)cc(Cl)c1. The number of thiophene rings is 1. The summed E-state index contributed by atoms with van der Waals surface area (Å²) in [5, 5.41) is 2.77. The van der Waals surface area contributed by atoms with Crippen LogP contribution in [0.4, 0.5) is 0 Å². The molecular formula is C13H6Cl2OS. The zero-order valence-electron chi connectivity index (χ0n) is 8.54. The average molecular weight is 281 g/mol. The Morgan fingerprint density at radius 2 is 1.88 bits per heavy atom. The number of hydrogen-bond acceptors (Lipinski definition) is 2. The van der Waals surface area contributed by atoms with E-state index in [0.717, 1.165) is 4.88 Å². The van der Waals surface area contributed by atoms with Crippen LogP contribution < -0.4 is 0 Å². The predicted octanol–water partition coefficient (Wildman–Crippen LogP) is 4.29. The standard InChI is InChI=1S/C13H6Cl2OS/c14-10-6-9(7-11(15)8-10)13(16)4-3-12-2-1-5-17-12/h1-2,5-8H. The van der Waals surface area contributed by atoms with Crippen LogP contribution in [0.2, 0.25) is 10.0 Å². The molecule has 2 rings (SSSR count). The lowest BCUT2D eigenvalue weighted by Gasteiger charge is -1.96. The van der Waals surface area contributed by atoms with Crippen molar-refractivity contribution in [3.63, 3.8) is 0 Å². The van der Waals surface area contributed by atoms with Crippen molar-refractivity contribution in [2.24, 2.45) is 0 Å². The number of carbonyl (C=O) groups is 1. The second kappa shape index (κ2) is 5.37. The van der Waals surface area contributed by atoms with E-state index in [1.807, 2.05) is 17.5 Å². The average Bonchev–Trinajstić information content (AvgIpc) is 2.77. The van der Waals surface area contributed by atoms with Crippen molar-refractivity contribution in [1.29, 1.82) is 0 Å². The van der Waals surface area contributed by atoms with E-state index in [1.54, 1.807) is 18.2 Å². The van der Waals surface area contributed by atoms with Crippen molar-refractivity contribution in [3.05, 3.63) is 56.2 Å². The molecule has 0 unspecified atom stereocenters. The Morgan fingerprint density at radius 3 is 2.47 bits per heavy atom. The van der Waals surface area contributed by atoms with E-state index < -0.39 is 0 Å². The molecule has 0 aliphatic heterocycles. The molecule has 0 atom stereocenters. The van der Waals surface area contributed by atoms with Gasteiger partial charge in [-0.1, -0.05) is 29.3 Å². The third kappa shape index (κ3) is 3.34. The molecule has 0 saturated carbocycles. The molecule has 17 heavy (non-hydrogen) atoms. The van der Waals surface area contributed by atoms with E-state index in [0.29, 0.717) is 15.6 Å². The highest BCUT2D eigenvalue weighted by molar-refractivity contribution is 7.10. The van der Waals surface area contributed by atoms with Gasteiger partial charge < -0.3 is 0 Å². The highest BCUT2D eigenvalue weighted by Gasteiger charge is 2.04. The fourth-order valence-corrected chi connectivity index (χ4v) is 2.32.